The zero-order chi connectivity index (χ0) is 15.3. The van der Waals surface area contributed by atoms with Crippen LogP contribution in [-0.2, 0) is 0 Å². The maximum absolute atomic E-state index is 13.8. The molecule has 0 atom stereocenters. The Morgan fingerprint density at radius 1 is 1.41 bits per heavy atom. The lowest BCUT2D eigenvalue weighted by Gasteiger charge is -2.62. The summed E-state index contributed by atoms with van der Waals surface area (Å²) in [7, 11) is 0. The van der Waals surface area contributed by atoms with Crippen molar-refractivity contribution in [2.45, 2.75) is 19.3 Å². The van der Waals surface area contributed by atoms with Crippen LogP contribution in [0.15, 0.2) is 28.1 Å². The van der Waals surface area contributed by atoms with Crippen LogP contribution in [0.4, 0.5) is 4.39 Å². The molecule has 22 heavy (non-hydrogen) atoms. The van der Waals surface area contributed by atoms with E-state index in [2.05, 4.69) is 26.2 Å². The van der Waals surface area contributed by atoms with Crippen LogP contribution in [0.2, 0.25) is 0 Å². The number of hydrogen-bond donors (Lipinski definition) is 1. The van der Waals surface area contributed by atoms with Gasteiger partial charge in [0.15, 0.2) is 5.69 Å². The second-order valence-electron chi connectivity index (χ2n) is 6.28. The Morgan fingerprint density at radius 3 is 2.77 bits per heavy atom. The molecule has 1 aromatic carbocycles. The van der Waals surface area contributed by atoms with Crippen molar-refractivity contribution in [1.29, 1.82) is 0 Å². The molecule has 1 aromatic heterocycles. The van der Waals surface area contributed by atoms with Gasteiger partial charge in [0.25, 0.3) is 5.91 Å². The summed E-state index contributed by atoms with van der Waals surface area (Å²) in [5.41, 5.74) is 1.12. The maximum Gasteiger partial charge on any atom is 0.271 e. The van der Waals surface area contributed by atoms with E-state index in [1.54, 1.807) is 18.2 Å². The van der Waals surface area contributed by atoms with Crippen LogP contribution in [0.1, 0.15) is 29.8 Å². The third-order valence-electron chi connectivity index (χ3n) is 4.69. The topological polar surface area (TPSA) is 42.0 Å². The lowest BCUT2D eigenvalue weighted by Crippen LogP contribution is -2.57. The number of carbonyl (C=O) groups is 1. The minimum atomic E-state index is -0.329. The normalized spacial score (nSPS) is 25.3. The Kier molecular flexibility index (Phi) is 3.34. The zero-order valence-corrected chi connectivity index (χ0v) is 14.1. The van der Waals surface area contributed by atoms with Gasteiger partial charge in [0.05, 0.1) is 0 Å². The first-order valence-corrected chi connectivity index (χ1v) is 8.87. The van der Waals surface area contributed by atoms with Crippen LogP contribution in [0.3, 0.4) is 0 Å². The summed E-state index contributed by atoms with van der Waals surface area (Å²) in [5, 5.41) is 3.50. The van der Waals surface area contributed by atoms with Crippen molar-refractivity contribution in [3.05, 3.63) is 39.6 Å². The molecule has 0 radical (unpaired) electrons. The van der Waals surface area contributed by atoms with Gasteiger partial charge < -0.3 is 5.32 Å². The molecule has 5 rings (SSSR count). The highest BCUT2D eigenvalue weighted by atomic mass is 79.9. The lowest BCUT2D eigenvalue weighted by atomic mass is 9.44. The highest BCUT2D eigenvalue weighted by Crippen LogP contribution is 2.63. The molecule has 3 aliphatic rings. The monoisotopic (exact) mass is 380 g/mol. The van der Waals surface area contributed by atoms with Gasteiger partial charge >= 0.3 is 0 Å². The van der Waals surface area contributed by atoms with E-state index in [0.29, 0.717) is 25.5 Å². The first-order valence-electron chi connectivity index (χ1n) is 7.26. The smallest absolute Gasteiger partial charge is 0.271 e. The van der Waals surface area contributed by atoms with Crippen LogP contribution in [0.25, 0.3) is 10.6 Å². The van der Waals surface area contributed by atoms with E-state index in [4.69, 9.17) is 0 Å². The number of carbonyl (C=O) groups excluding carboxylic acids is 1. The summed E-state index contributed by atoms with van der Waals surface area (Å²) < 4.78 is 14.5. The van der Waals surface area contributed by atoms with Gasteiger partial charge in [-0.05, 0) is 58.7 Å². The molecule has 0 unspecified atom stereocenters. The Hall–Kier alpha value is -1.27. The number of rotatable bonds is 4. The van der Waals surface area contributed by atoms with Crippen molar-refractivity contribution >= 4 is 33.2 Å². The Labute approximate surface area is 140 Å². The van der Waals surface area contributed by atoms with Crippen molar-refractivity contribution in [1.82, 2.24) is 10.3 Å². The Balaban J connectivity index is 1.52. The van der Waals surface area contributed by atoms with E-state index in [1.165, 1.54) is 36.7 Å². The molecule has 2 bridgehead atoms. The van der Waals surface area contributed by atoms with E-state index in [1.807, 2.05) is 0 Å². The number of nitrogens with zero attached hydrogens (tertiary/aromatic N) is 1. The summed E-state index contributed by atoms with van der Waals surface area (Å²) in [4.78, 5) is 16.6. The second-order valence-corrected chi connectivity index (χ2v) is 8.60. The second kappa shape index (κ2) is 5.13. The standard InChI is InChI=1S/C16H14BrFN2OS/c17-13-12(14(21)19-8-16-5-9(6-16)7-16)20-15(22-13)10-3-1-2-4-11(10)18/h1-4,9H,5-8H2,(H,19,21). The number of halogens is 2. The zero-order valence-electron chi connectivity index (χ0n) is 11.7. The summed E-state index contributed by atoms with van der Waals surface area (Å²) >= 11 is 4.65. The van der Waals surface area contributed by atoms with Gasteiger partial charge in [0.2, 0.25) is 0 Å². The van der Waals surface area contributed by atoms with Gasteiger partial charge in [0, 0.05) is 12.1 Å². The van der Waals surface area contributed by atoms with Crippen LogP contribution < -0.4 is 5.32 Å². The quantitative estimate of drug-likeness (QED) is 0.861. The number of nitrogens with one attached hydrogen (secondary N) is 1. The SMILES string of the molecule is O=C(NCC12CC(C1)C2)c1nc(-c2ccccc2F)sc1Br. The summed E-state index contributed by atoms with van der Waals surface area (Å²) in [5.74, 6) is 0.385. The molecule has 3 fully saturated rings. The molecule has 0 spiro atoms. The van der Waals surface area contributed by atoms with E-state index >= 15 is 0 Å². The lowest BCUT2D eigenvalue weighted by molar-refractivity contribution is -0.101. The molecule has 0 saturated heterocycles. The summed E-state index contributed by atoms with van der Waals surface area (Å²) in [6.45, 7) is 0.724. The number of benzene rings is 1. The van der Waals surface area contributed by atoms with Crippen molar-refractivity contribution < 1.29 is 9.18 Å². The van der Waals surface area contributed by atoms with Crippen molar-refractivity contribution in [3.63, 3.8) is 0 Å². The maximum atomic E-state index is 13.8. The molecule has 1 amide bonds. The predicted octanol–water partition coefficient (Wildman–Crippen LogP) is 4.24. The molecule has 2 aromatic rings. The first kappa shape index (κ1) is 14.3. The highest BCUT2D eigenvalue weighted by Gasteiger charge is 2.56. The van der Waals surface area contributed by atoms with E-state index in [-0.39, 0.29) is 11.7 Å². The summed E-state index contributed by atoms with van der Waals surface area (Å²) in [6.07, 6.45) is 3.73. The largest absolute Gasteiger partial charge is 0.350 e. The molecule has 0 aliphatic heterocycles. The molecular weight excluding hydrogens is 367 g/mol. The fraction of sp³-hybridized carbons (Fsp3) is 0.375. The third kappa shape index (κ3) is 2.29. The van der Waals surface area contributed by atoms with Crippen LogP contribution in [-0.4, -0.2) is 17.4 Å². The fourth-order valence-corrected chi connectivity index (χ4v) is 4.96. The van der Waals surface area contributed by atoms with Gasteiger partial charge in [-0.1, -0.05) is 12.1 Å². The average Bonchev–Trinajstić information content (AvgIpc) is 2.78. The molecular formula is C16H14BrFN2OS. The van der Waals surface area contributed by atoms with Crippen molar-refractivity contribution in [2.75, 3.05) is 6.54 Å². The third-order valence-corrected chi connectivity index (χ3v) is 6.43. The predicted molar refractivity (Wildman–Crippen MR) is 87.3 cm³/mol. The summed E-state index contributed by atoms with van der Waals surface area (Å²) in [6, 6.07) is 6.46. The minimum absolute atomic E-state index is 0.185. The highest BCUT2D eigenvalue weighted by molar-refractivity contribution is 9.11. The van der Waals surface area contributed by atoms with Crippen molar-refractivity contribution in [3.8, 4) is 10.6 Å². The van der Waals surface area contributed by atoms with Gasteiger partial charge in [-0.2, -0.15) is 0 Å². The molecule has 1 heterocycles. The van der Waals surface area contributed by atoms with Crippen LogP contribution in [0, 0.1) is 17.2 Å². The molecule has 114 valence electrons. The van der Waals surface area contributed by atoms with Gasteiger partial charge in [0.1, 0.15) is 14.6 Å². The van der Waals surface area contributed by atoms with Gasteiger partial charge in [-0.3, -0.25) is 4.79 Å². The molecule has 6 heteroatoms. The first-order chi connectivity index (χ1) is 10.6. The van der Waals surface area contributed by atoms with Crippen LogP contribution in [0.5, 0.6) is 0 Å². The Bertz CT molecular complexity index is 743. The van der Waals surface area contributed by atoms with Crippen LogP contribution >= 0.6 is 27.3 Å². The van der Waals surface area contributed by atoms with Gasteiger partial charge in [-0.15, -0.1) is 11.3 Å². The number of amides is 1. The molecule has 3 nitrogen and oxygen atoms in total. The van der Waals surface area contributed by atoms with Gasteiger partial charge in [-0.25, -0.2) is 9.37 Å². The van der Waals surface area contributed by atoms with E-state index < -0.39 is 0 Å². The fourth-order valence-electron chi connectivity index (χ4n) is 3.42. The number of hydrogen-bond acceptors (Lipinski definition) is 3. The van der Waals surface area contributed by atoms with Crippen molar-refractivity contribution in [2.24, 2.45) is 11.3 Å². The number of aromatic nitrogens is 1. The number of thiazole rings is 1. The van der Waals surface area contributed by atoms with E-state index in [9.17, 15) is 9.18 Å². The van der Waals surface area contributed by atoms with E-state index in [0.717, 1.165) is 12.5 Å². The molecule has 1 N–H and O–H groups in total. The molecule has 3 saturated carbocycles. The average molecular weight is 381 g/mol. The Morgan fingerprint density at radius 2 is 2.14 bits per heavy atom. The molecule has 3 aliphatic carbocycles. The minimum Gasteiger partial charge on any atom is -0.350 e.